The summed E-state index contributed by atoms with van der Waals surface area (Å²) in [6, 6.07) is 18.8. The fourth-order valence-corrected chi connectivity index (χ4v) is 5.45. The summed E-state index contributed by atoms with van der Waals surface area (Å²) in [7, 11) is -4.25. The maximum absolute atomic E-state index is 13.8. The Hall–Kier alpha value is -3.77. The van der Waals surface area contributed by atoms with Gasteiger partial charge in [0.1, 0.15) is 12.6 Å². The number of hydrogen-bond acceptors (Lipinski definition) is 6. The molecule has 10 nitrogen and oxygen atoms in total. The number of non-ortho nitro benzene ring substituents is 1. The fourth-order valence-electron chi connectivity index (χ4n) is 3.75. The molecule has 1 N–H and O–H groups in total. The summed E-state index contributed by atoms with van der Waals surface area (Å²) in [5.74, 6) is -0.981. The normalized spacial score (nSPS) is 11.9. The molecule has 39 heavy (non-hydrogen) atoms. The first-order valence-electron chi connectivity index (χ1n) is 12.2. The Morgan fingerprint density at radius 1 is 1.00 bits per heavy atom. The molecule has 0 fully saturated rings. The predicted molar refractivity (Wildman–Crippen MR) is 152 cm³/mol. The SMILES string of the molecule is CCCNC(=O)[C@@H](C)N(Cc1ccc(Br)cc1)C(=O)CN(c1ccc([N+](=O)[O-])cc1)S(=O)(=O)c1ccccc1. The van der Waals surface area contributed by atoms with E-state index in [2.05, 4.69) is 21.2 Å². The van der Waals surface area contributed by atoms with Crippen molar-refractivity contribution in [3.8, 4) is 0 Å². The van der Waals surface area contributed by atoms with Gasteiger partial charge in [-0.2, -0.15) is 0 Å². The molecule has 0 bridgehead atoms. The van der Waals surface area contributed by atoms with Crippen LogP contribution < -0.4 is 9.62 Å². The van der Waals surface area contributed by atoms with Crippen molar-refractivity contribution in [2.75, 3.05) is 17.4 Å². The smallest absolute Gasteiger partial charge is 0.269 e. The van der Waals surface area contributed by atoms with Crippen LogP contribution in [0.5, 0.6) is 0 Å². The minimum atomic E-state index is -4.25. The van der Waals surface area contributed by atoms with Crippen LogP contribution in [0.25, 0.3) is 0 Å². The average molecular weight is 618 g/mol. The Balaban J connectivity index is 2.02. The van der Waals surface area contributed by atoms with Gasteiger partial charge in [-0.05, 0) is 55.3 Å². The Bertz CT molecular complexity index is 1400. The van der Waals surface area contributed by atoms with E-state index >= 15 is 0 Å². The molecule has 0 radical (unpaired) electrons. The quantitative estimate of drug-likeness (QED) is 0.236. The lowest BCUT2D eigenvalue weighted by atomic mass is 10.1. The molecule has 0 aliphatic heterocycles. The Morgan fingerprint density at radius 2 is 1.62 bits per heavy atom. The highest BCUT2D eigenvalue weighted by atomic mass is 79.9. The number of halogens is 1. The number of nitrogens with zero attached hydrogens (tertiary/aromatic N) is 3. The molecule has 0 aliphatic rings. The van der Waals surface area contributed by atoms with Crippen molar-refractivity contribution in [2.45, 2.75) is 37.8 Å². The molecular weight excluding hydrogens is 588 g/mol. The van der Waals surface area contributed by atoms with Gasteiger partial charge in [0.15, 0.2) is 0 Å². The van der Waals surface area contributed by atoms with Gasteiger partial charge in [0, 0.05) is 29.7 Å². The van der Waals surface area contributed by atoms with Crippen LogP contribution in [0.4, 0.5) is 11.4 Å². The second kappa shape index (κ2) is 13.3. The number of nitro groups is 1. The van der Waals surface area contributed by atoms with Gasteiger partial charge in [-0.15, -0.1) is 0 Å². The molecule has 206 valence electrons. The summed E-state index contributed by atoms with van der Waals surface area (Å²) < 4.78 is 29.1. The Labute approximate surface area is 236 Å². The van der Waals surface area contributed by atoms with Crippen LogP contribution in [0.1, 0.15) is 25.8 Å². The highest BCUT2D eigenvalue weighted by Gasteiger charge is 2.32. The molecule has 0 aromatic heterocycles. The zero-order valence-electron chi connectivity index (χ0n) is 21.5. The second-order valence-electron chi connectivity index (χ2n) is 8.71. The van der Waals surface area contributed by atoms with Crippen molar-refractivity contribution in [1.82, 2.24) is 10.2 Å². The van der Waals surface area contributed by atoms with Crippen LogP contribution in [0, 0.1) is 10.1 Å². The molecule has 3 aromatic carbocycles. The van der Waals surface area contributed by atoms with Gasteiger partial charge in [-0.1, -0.05) is 53.2 Å². The van der Waals surface area contributed by atoms with Gasteiger partial charge in [0.25, 0.3) is 15.7 Å². The summed E-state index contributed by atoms with van der Waals surface area (Å²) in [6.07, 6.45) is 0.711. The maximum Gasteiger partial charge on any atom is 0.269 e. The van der Waals surface area contributed by atoms with Crippen molar-refractivity contribution in [3.05, 3.63) is 99.0 Å². The van der Waals surface area contributed by atoms with Crippen molar-refractivity contribution < 1.29 is 22.9 Å². The van der Waals surface area contributed by atoms with Crippen LogP contribution in [0.3, 0.4) is 0 Å². The lowest BCUT2D eigenvalue weighted by molar-refractivity contribution is -0.384. The van der Waals surface area contributed by atoms with Gasteiger partial charge in [-0.25, -0.2) is 8.42 Å². The number of rotatable bonds is 12. The number of benzene rings is 3. The van der Waals surface area contributed by atoms with E-state index < -0.39 is 33.4 Å². The Morgan fingerprint density at radius 3 is 2.18 bits per heavy atom. The van der Waals surface area contributed by atoms with Crippen LogP contribution in [-0.2, 0) is 26.2 Å². The van der Waals surface area contributed by atoms with E-state index in [0.717, 1.165) is 14.3 Å². The summed E-state index contributed by atoms with van der Waals surface area (Å²) in [5, 5.41) is 13.9. The van der Waals surface area contributed by atoms with E-state index in [-0.39, 0.29) is 28.7 Å². The van der Waals surface area contributed by atoms with Crippen molar-refractivity contribution >= 4 is 49.1 Å². The maximum atomic E-state index is 13.8. The zero-order chi connectivity index (χ0) is 28.6. The monoisotopic (exact) mass is 616 g/mol. The standard InChI is InChI=1S/C27H29BrN4O6S/c1-3-17-29-27(34)20(2)30(18-21-9-11-22(28)12-10-21)26(33)19-31(23-13-15-24(16-14-23)32(35)36)39(37,38)25-7-5-4-6-8-25/h4-16,20H,3,17-19H2,1-2H3,(H,29,34)/t20-/m1/s1. The van der Waals surface area contributed by atoms with E-state index in [1.54, 1.807) is 37.3 Å². The molecule has 0 heterocycles. The van der Waals surface area contributed by atoms with Crippen LogP contribution in [0.2, 0.25) is 0 Å². The van der Waals surface area contributed by atoms with Gasteiger partial charge >= 0.3 is 0 Å². The number of carbonyl (C=O) groups excluding carboxylic acids is 2. The minimum absolute atomic E-state index is 0.0515. The summed E-state index contributed by atoms with van der Waals surface area (Å²) in [4.78, 5) is 38.5. The fraction of sp³-hybridized carbons (Fsp3) is 0.259. The highest BCUT2D eigenvalue weighted by molar-refractivity contribution is 9.10. The third-order valence-corrected chi connectivity index (χ3v) is 8.26. The van der Waals surface area contributed by atoms with Crippen LogP contribution in [0.15, 0.2) is 88.2 Å². The molecular formula is C27H29BrN4O6S. The molecule has 0 spiro atoms. The molecule has 12 heteroatoms. The van der Waals surface area contributed by atoms with Gasteiger partial charge in [0.2, 0.25) is 11.8 Å². The van der Waals surface area contributed by atoms with Gasteiger partial charge < -0.3 is 10.2 Å². The molecule has 3 aromatic rings. The van der Waals surface area contributed by atoms with E-state index in [1.807, 2.05) is 19.1 Å². The van der Waals surface area contributed by atoms with Crippen LogP contribution in [-0.4, -0.2) is 49.2 Å². The number of nitrogens with one attached hydrogen (secondary N) is 1. The third-order valence-electron chi connectivity index (χ3n) is 5.94. The van der Waals surface area contributed by atoms with Crippen molar-refractivity contribution in [2.24, 2.45) is 0 Å². The summed E-state index contributed by atoms with van der Waals surface area (Å²) in [6.45, 7) is 3.36. The topological polar surface area (TPSA) is 130 Å². The van der Waals surface area contributed by atoms with Gasteiger partial charge in [-0.3, -0.25) is 24.0 Å². The average Bonchev–Trinajstić information content (AvgIpc) is 2.94. The number of carbonyl (C=O) groups is 2. The number of amides is 2. The first-order chi connectivity index (χ1) is 18.5. The van der Waals surface area contributed by atoms with Crippen LogP contribution >= 0.6 is 15.9 Å². The molecule has 0 aliphatic carbocycles. The third kappa shape index (κ3) is 7.64. The summed E-state index contributed by atoms with van der Waals surface area (Å²) >= 11 is 3.38. The largest absolute Gasteiger partial charge is 0.354 e. The van der Waals surface area contributed by atoms with Gasteiger partial charge in [0.05, 0.1) is 15.5 Å². The van der Waals surface area contributed by atoms with E-state index in [1.165, 1.54) is 41.3 Å². The van der Waals surface area contributed by atoms with E-state index in [4.69, 9.17) is 0 Å². The first kappa shape index (κ1) is 29.8. The lowest BCUT2D eigenvalue weighted by Crippen LogP contribution is -2.51. The molecule has 0 unspecified atom stereocenters. The molecule has 3 rings (SSSR count). The molecule has 1 atom stereocenters. The first-order valence-corrected chi connectivity index (χ1v) is 14.4. The van der Waals surface area contributed by atoms with E-state index in [0.29, 0.717) is 13.0 Å². The molecule has 2 amide bonds. The highest BCUT2D eigenvalue weighted by Crippen LogP contribution is 2.26. The minimum Gasteiger partial charge on any atom is -0.354 e. The van der Waals surface area contributed by atoms with E-state index in [9.17, 15) is 28.1 Å². The lowest BCUT2D eigenvalue weighted by Gasteiger charge is -2.32. The summed E-state index contributed by atoms with van der Waals surface area (Å²) in [5.41, 5.74) is 0.596. The Kier molecular flexibility index (Phi) is 10.2. The number of nitro benzene ring substituents is 1. The molecule has 0 saturated carbocycles. The van der Waals surface area contributed by atoms with Crippen molar-refractivity contribution in [3.63, 3.8) is 0 Å². The van der Waals surface area contributed by atoms with Crippen molar-refractivity contribution in [1.29, 1.82) is 0 Å². The predicted octanol–water partition coefficient (Wildman–Crippen LogP) is 4.50. The molecule has 0 saturated heterocycles. The second-order valence-corrected chi connectivity index (χ2v) is 11.5. The zero-order valence-corrected chi connectivity index (χ0v) is 23.9. The number of sulfonamides is 1. The number of anilines is 1. The number of hydrogen-bond donors (Lipinski definition) is 1.